The molecule has 4 rings (SSSR count). The lowest BCUT2D eigenvalue weighted by Gasteiger charge is -2.15. The van der Waals surface area contributed by atoms with E-state index < -0.39 is 53.5 Å². The predicted molar refractivity (Wildman–Crippen MR) is 146 cm³/mol. The first-order valence-electron chi connectivity index (χ1n) is 12.1. The maximum atomic E-state index is 15.3. The highest BCUT2D eigenvalue weighted by atomic mass is 32.2. The fraction of sp³-hybridized carbons (Fsp3) is 0.231. The van der Waals surface area contributed by atoms with Crippen LogP contribution in [0.2, 0.25) is 0 Å². The van der Waals surface area contributed by atoms with Crippen LogP contribution in [0.15, 0.2) is 58.6 Å². The molecule has 0 unspecified atom stereocenters. The van der Waals surface area contributed by atoms with E-state index in [0.29, 0.717) is 0 Å². The van der Waals surface area contributed by atoms with E-state index in [1.807, 2.05) is 4.72 Å². The van der Waals surface area contributed by atoms with E-state index in [9.17, 15) is 26.0 Å². The molecule has 0 radical (unpaired) electrons. The van der Waals surface area contributed by atoms with Crippen LogP contribution in [0.4, 0.5) is 20.2 Å². The monoisotopic (exact) mass is 592 g/mol. The quantitative estimate of drug-likeness (QED) is 0.240. The van der Waals surface area contributed by atoms with Crippen molar-refractivity contribution in [3.05, 3.63) is 71.6 Å². The molecule has 0 bridgehead atoms. The lowest BCUT2D eigenvalue weighted by Crippen LogP contribution is -2.21. The second-order valence-corrected chi connectivity index (χ2v) is 12.5. The third kappa shape index (κ3) is 5.63. The summed E-state index contributed by atoms with van der Waals surface area (Å²) in [6.45, 7) is 5.27. The summed E-state index contributed by atoms with van der Waals surface area (Å²) >= 11 is 0. The van der Waals surface area contributed by atoms with Crippen molar-refractivity contribution in [2.45, 2.75) is 37.0 Å². The topological polar surface area (TPSA) is 147 Å². The molecule has 0 saturated carbocycles. The van der Waals surface area contributed by atoms with Gasteiger partial charge in [0.05, 0.1) is 40.2 Å². The number of nitrogens with zero attached hydrogens (tertiary/aromatic N) is 1. The normalized spacial score (nSPS) is 11.9. The molecular formula is C26H26F2N4O6S2. The third-order valence-electron chi connectivity index (χ3n) is 5.82. The van der Waals surface area contributed by atoms with Gasteiger partial charge in [0.25, 0.3) is 5.91 Å². The number of rotatable bonds is 10. The SMILES string of the molecule is CCCS(=O)(=O)Nc1ccc(F)c(C(=O)Nc2cnc3[nH]cc(OCC)c3c2S(=O)(=O)c2ccc(C)cc2)c1F. The molecule has 2 heterocycles. The van der Waals surface area contributed by atoms with Crippen molar-refractivity contribution in [2.75, 3.05) is 22.4 Å². The van der Waals surface area contributed by atoms with E-state index in [-0.39, 0.29) is 46.1 Å². The summed E-state index contributed by atoms with van der Waals surface area (Å²) in [6, 6.07) is 7.55. The number of fused-ring (bicyclic) bond motifs is 1. The number of amides is 1. The summed E-state index contributed by atoms with van der Waals surface area (Å²) in [5.74, 6) is -4.30. The molecule has 3 N–H and O–H groups in total. The van der Waals surface area contributed by atoms with Crippen LogP contribution in [0.3, 0.4) is 0 Å². The van der Waals surface area contributed by atoms with Gasteiger partial charge in [0.1, 0.15) is 27.7 Å². The third-order valence-corrected chi connectivity index (χ3v) is 9.15. The van der Waals surface area contributed by atoms with E-state index in [2.05, 4.69) is 15.3 Å². The van der Waals surface area contributed by atoms with Crippen molar-refractivity contribution >= 4 is 48.2 Å². The van der Waals surface area contributed by atoms with Gasteiger partial charge in [-0.3, -0.25) is 9.52 Å². The molecule has 0 saturated heterocycles. The number of aryl methyl sites for hydroxylation is 1. The fourth-order valence-electron chi connectivity index (χ4n) is 4.02. The van der Waals surface area contributed by atoms with Gasteiger partial charge in [-0.15, -0.1) is 0 Å². The number of hydrogen-bond acceptors (Lipinski definition) is 7. The Morgan fingerprint density at radius 2 is 1.73 bits per heavy atom. The number of hydrogen-bond donors (Lipinski definition) is 3. The lowest BCUT2D eigenvalue weighted by atomic mass is 10.1. The minimum atomic E-state index is -4.34. The van der Waals surface area contributed by atoms with E-state index in [1.165, 1.54) is 18.3 Å². The predicted octanol–water partition coefficient (Wildman–Crippen LogP) is 4.79. The molecule has 2 aromatic heterocycles. The summed E-state index contributed by atoms with van der Waals surface area (Å²) < 4.78 is 89.6. The van der Waals surface area contributed by atoms with Crippen molar-refractivity contribution in [3.63, 3.8) is 0 Å². The van der Waals surface area contributed by atoms with Crippen LogP contribution in [0.1, 0.15) is 36.2 Å². The number of carbonyl (C=O) groups excluding carboxylic acids is 1. The molecule has 4 aromatic rings. The van der Waals surface area contributed by atoms with Crippen LogP contribution in [0.25, 0.3) is 11.0 Å². The van der Waals surface area contributed by atoms with Gasteiger partial charge < -0.3 is 15.0 Å². The number of sulfone groups is 1. The van der Waals surface area contributed by atoms with Crippen LogP contribution < -0.4 is 14.8 Å². The highest BCUT2D eigenvalue weighted by molar-refractivity contribution is 7.92. The number of aromatic amines is 1. The Morgan fingerprint density at radius 1 is 1.02 bits per heavy atom. The van der Waals surface area contributed by atoms with Gasteiger partial charge in [0, 0.05) is 6.20 Å². The molecule has 10 nitrogen and oxygen atoms in total. The Balaban J connectivity index is 1.86. The van der Waals surface area contributed by atoms with E-state index >= 15 is 4.39 Å². The number of sulfonamides is 1. The maximum absolute atomic E-state index is 15.3. The largest absolute Gasteiger partial charge is 0.492 e. The number of pyridine rings is 1. The number of aromatic nitrogens is 2. The number of benzene rings is 2. The Labute approximate surface area is 229 Å². The average Bonchev–Trinajstić information content (AvgIpc) is 3.28. The zero-order valence-electron chi connectivity index (χ0n) is 21.7. The lowest BCUT2D eigenvalue weighted by molar-refractivity contribution is 0.101. The van der Waals surface area contributed by atoms with Gasteiger partial charge >= 0.3 is 0 Å². The molecule has 0 atom stereocenters. The summed E-state index contributed by atoms with van der Waals surface area (Å²) in [7, 11) is -8.30. The van der Waals surface area contributed by atoms with Crippen LogP contribution in [-0.4, -0.2) is 45.1 Å². The number of halogens is 2. The number of H-pyrrole nitrogens is 1. The molecule has 0 fully saturated rings. The van der Waals surface area contributed by atoms with E-state index in [1.54, 1.807) is 32.9 Å². The smallest absolute Gasteiger partial charge is 0.261 e. The highest BCUT2D eigenvalue weighted by Crippen LogP contribution is 2.39. The molecule has 212 valence electrons. The van der Waals surface area contributed by atoms with E-state index in [4.69, 9.17) is 4.74 Å². The molecule has 2 aromatic carbocycles. The molecule has 14 heteroatoms. The van der Waals surface area contributed by atoms with Gasteiger partial charge in [-0.25, -0.2) is 30.6 Å². The second kappa shape index (κ2) is 11.2. The summed E-state index contributed by atoms with van der Waals surface area (Å²) in [5.41, 5.74) is -1.17. The van der Waals surface area contributed by atoms with Crippen molar-refractivity contribution in [2.24, 2.45) is 0 Å². The standard InChI is InChI=1S/C26H26F2N4O6S2/c1-4-12-39(34,35)32-18-11-10-17(27)21(23(18)28)26(33)31-19-13-29-25-22(20(14-30-25)38-5-2)24(19)40(36,37)16-8-6-15(3)7-9-16/h6-11,13-14,32H,4-5,12H2,1-3H3,(H,29,30)(H,31,33). The molecule has 0 aliphatic heterocycles. The number of carbonyl (C=O) groups is 1. The number of anilines is 2. The van der Waals surface area contributed by atoms with Gasteiger partial charge in [0.2, 0.25) is 19.9 Å². The molecule has 40 heavy (non-hydrogen) atoms. The molecule has 0 spiro atoms. The summed E-state index contributed by atoms with van der Waals surface area (Å²) in [4.78, 5) is 19.7. The molecule has 0 aliphatic carbocycles. The molecule has 0 aliphatic rings. The first-order valence-corrected chi connectivity index (χ1v) is 15.3. The maximum Gasteiger partial charge on any atom is 0.261 e. The van der Waals surface area contributed by atoms with Gasteiger partial charge in [-0.05, 0) is 44.5 Å². The van der Waals surface area contributed by atoms with Crippen LogP contribution in [0, 0.1) is 18.6 Å². The summed E-state index contributed by atoms with van der Waals surface area (Å²) in [5, 5.41) is 2.28. The minimum Gasteiger partial charge on any atom is -0.492 e. The Kier molecular flexibility index (Phi) is 8.12. The number of nitrogens with one attached hydrogen (secondary N) is 3. The second-order valence-electron chi connectivity index (χ2n) is 8.79. The van der Waals surface area contributed by atoms with Crippen molar-refractivity contribution in [1.82, 2.24) is 9.97 Å². The Morgan fingerprint density at radius 3 is 2.38 bits per heavy atom. The fourth-order valence-corrected chi connectivity index (χ4v) is 6.74. The van der Waals surface area contributed by atoms with Gasteiger partial charge in [-0.1, -0.05) is 24.6 Å². The highest BCUT2D eigenvalue weighted by Gasteiger charge is 2.30. The molecule has 1 amide bonds. The van der Waals surface area contributed by atoms with Crippen LogP contribution >= 0.6 is 0 Å². The first-order chi connectivity index (χ1) is 18.9. The van der Waals surface area contributed by atoms with Crippen molar-refractivity contribution in [3.8, 4) is 5.75 Å². The van der Waals surface area contributed by atoms with E-state index in [0.717, 1.165) is 23.9 Å². The van der Waals surface area contributed by atoms with Gasteiger partial charge in [-0.2, -0.15) is 0 Å². The summed E-state index contributed by atoms with van der Waals surface area (Å²) in [6.07, 6.45) is 2.69. The zero-order chi connectivity index (χ0) is 29.2. The van der Waals surface area contributed by atoms with Crippen LogP contribution in [-0.2, 0) is 19.9 Å². The molecular weight excluding hydrogens is 566 g/mol. The van der Waals surface area contributed by atoms with Gasteiger partial charge in [0.15, 0.2) is 5.82 Å². The van der Waals surface area contributed by atoms with Crippen molar-refractivity contribution in [1.29, 1.82) is 0 Å². The first kappa shape index (κ1) is 29.0. The van der Waals surface area contributed by atoms with Crippen LogP contribution in [0.5, 0.6) is 5.75 Å². The Bertz CT molecular complexity index is 1810. The zero-order valence-corrected chi connectivity index (χ0v) is 23.3. The Hall–Kier alpha value is -4.04. The average molecular weight is 593 g/mol. The minimum absolute atomic E-state index is 0.0299. The number of ether oxygens (including phenoxy) is 1. The van der Waals surface area contributed by atoms with Crippen molar-refractivity contribution < 1.29 is 35.1 Å².